The molecule has 0 heterocycles. The zero-order valence-electron chi connectivity index (χ0n) is 5.16. The summed E-state index contributed by atoms with van der Waals surface area (Å²) in [6.45, 7) is 0. The summed E-state index contributed by atoms with van der Waals surface area (Å²) in [5.74, 6) is -0.645. The van der Waals surface area contributed by atoms with Crippen molar-refractivity contribution in [1.82, 2.24) is 0 Å². The van der Waals surface area contributed by atoms with Crippen molar-refractivity contribution in [2.24, 2.45) is 5.73 Å². The summed E-state index contributed by atoms with van der Waals surface area (Å²) in [7, 11) is 0. The molecule has 0 aromatic heterocycles. The first kappa shape index (κ1) is 9.81. The number of nitrogens with two attached hydrogens (primary N) is 1. The normalized spacial score (nSPS) is 13.8. The van der Waals surface area contributed by atoms with E-state index in [2.05, 4.69) is 0 Å². The van der Waals surface area contributed by atoms with E-state index in [0.29, 0.717) is 5.75 Å². The lowest BCUT2D eigenvalue weighted by Gasteiger charge is -2.00. The molecule has 0 aliphatic carbocycles. The Kier molecular flexibility index (Phi) is 5.48. The third kappa shape index (κ3) is 4.67. The zero-order valence-corrected chi connectivity index (χ0v) is 6.73. The molecule has 3 nitrogen and oxygen atoms in total. The van der Waals surface area contributed by atoms with E-state index in [0.717, 1.165) is 0 Å². The molecule has 3 N–H and O–H groups in total. The highest BCUT2D eigenvalue weighted by Crippen LogP contribution is 2.03. The Morgan fingerprint density at radius 1 is 1.90 bits per heavy atom. The molecule has 0 radical (unpaired) electrons. The van der Waals surface area contributed by atoms with Gasteiger partial charge in [0.15, 0.2) is 0 Å². The van der Waals surface area contributed by atoms with E-state index in [4.69, 9.17) is 22.4 Å². The predicted molar refractivity (Wildman–Crippen MR) is 43.1 cm³/mol. The largest absolute Gasteiger partial charge is 0.480 e. The zero-order chi connectivity index (χ0) is 7.98. The lowest BCUT2D eigenvalue weighted by atomic mass is 10.4. The lowest BCUT2D eigenvalue weighted by Crippen LogP contribution is -2.32. The first-order chi connectivity index (χ1) is 4.68. The van der Waals surface area contributed by atoms with Crippen LogP contribution >= 0.6 is 23.4 Å². The van der Waals surface area contributed by atoms with Gasteiger partial charge in [0.1, 0.15) is 6.04 Å². The van der Waals surface area contributed by atoms with E-state index in [1.165, 1.54) is 17.3 Å². The molecule has 10 heavy (non-hydrogen) atoms. The summed E-state index contributed by atoms with van der Waals surface area (Å²) in [6.07, 6.45) is 0. The Morgan fingerprint density at radius 3 is 2.90 bits per heavy atom. The van der Waals surface area contributed by atoms with E-state index < -0.39 is 12.0 Å². The van der Waals surface area contributed by atoms with Gasteiger partial charge in [-0.25, -0.2) is 0 Å². The van der Waals surface area contributed by atoms with Gasteiger partial charge in [-0.15, -0.1) is 11.8 Å². The Balaban J connectivity index is 3.39. The number of rotatable bonds is 4. The second-order valence-electron chi connectivity index (χ2n) is 1.54. The molecule has 0 saturated carbocycles. The van der Waals surface area contributed by atoms with Gasteiger partial charge in [0.25, 0.3) is 0 Å². The standard InChI is InChI=1S/C5H8ClNO2S/c6-1-2-10-3-4(7)5(8)9/h1-2,4H,3,7H2,(H,8,9)/b2-1+/t4-/m0/s1. The van der Waals surface area contributed by atoms with Gasteiger partial charge in [-0.3, -0.25) is 4.79 Å². The van der Waals surface area contributed by atoms with Crippen LogP contribution in [0, 0.1) is 0 Å². The topological polar surface area (TPSA) is 63.3 Å². The van der Waals surface area contributed by atoms with Crippen molar-refractivity contribution in [3.8, 4) is 0 Å². The number of thioether (sulfide) groups is 1. The third-order valence-corrected chi connectivity index (χ3v) is 1.90. The first-order valence-corrected chi connectivity index (χ1v) is 4.02. The van der Waals surface area contributed by atoms with Crippen molar-refractivity contribution < 1.29 is 9.90 Å². The Bertz CT molecular complexity index is 140. The van der Waals surface area contributed by atoms with Crippen molar-refractivity contribution in [3.63, 3.8) is 0 Å². The second-order valence-corrected chi connectivity index (χ2v) is 2.73. The van der Waals surface area contributed by atoms with Gasteiger partial charge in [-0.1, -0.05) is 11.6 Å². The fourth-order valence-corrected chi connectivity index (χ4v) is 1.02. The first-order valence-electron chi connectivity index (χ1n) is 2.53. The molecule has 0 aliphatic heterocycles. The minimum Gasteiger partial charge on any atom is -0.480 e. The second kappa shape index (κ2) is 5.58. The molecule has 0 aromatic rings. The summed E-state index contributed by atoms with van der Waals surface area (Å²) in [5.41, 5.74) is 6.48. The maximum absolute atomic E-state index is 10.1. The number of carboxylic acids is 1. The number of carbonyl (C=O) groups is 1. The lowest BCUT2D eigenvalue weighted by molar-refractivity contribution is -0.137. The number of hydrogen-bond donors (Lipinski definition) is 2. The smallest absolute Gasteiger partial charge is 0.321 e. The van der Waals surface area contributed by atoms with Crippen LogP contribution in [0.1, 0.15) is 0 Å². The summed E-state index contributed by atoms with van der Waals surface area (Å²) in [4.78, 5) is 10.1. The van der Waals surface area contributed by atoms with Gasteiger partial charge in [0, 0.05) is 11.3 Å². The van der Waals surface area contributed by atoms with Crippen LogP contribution in [0.2, 0.25) is 0 Å². The molecule has 0 bridgehead atoms. The number of carboxylic acid groups (broad SMARTS) is 1. The van der Waals surface area contributed by atoms with E-state index in [1.807, 2.05) is 0 Å². The van der Waals surface area contributed by atoms with E-state index in [-0.39, 0.29) is 0 Å². The van der Waals surface area contributed by atoms with E-state index in [1.54, 1.807) is 5.41 Å². The van der Waals surface area contributed by atoms with Crippen LogP contribution in [0.5, 0.6) is 0 Å². The molecule has 5 heteroatoms. The summed E-state index contributed by atoms with van der Waals surface area (Å²) in [6, 6.07) is -0.808. The van der Waals surface area contributed by atoms with Gasteiger partial charge < -0.3 is 10.8 Å². The molecule has 0 aromatic carbocycles. The Hall–Kier alpha value is -0.190. The summed E-state index contributed by atoms with van der Waals surface area (Å²) < 4.78 is 0. The number of halogens is 1. The minimum atomic E-state index is -0.990. The summed E-state index contributed by atoms with van der Waals surface area (Å²) >= 11 is 6.45. The molecular weight excluding hydrogens is 174 g/mol. The van der Waals surface area contributed by atoms with Crippen LogP contribution in [-0.2, 0) is 4.79 Å². The van der Waals surface area contributed by atoms with Crippen LogP contribution in [-0.4, -0.2) is 22.9 Å². The minimum absolute atomic E-state index is 0.346. The van der Waals surface area contributed by atoms with Crippen molar-refractivity contribution in [2.75, 3.05) is 5.75 Å². The Labute approximate surface area is 68.2 Å². The van der Waals surface area contributed by atoms with Crippen molar-refractivity contribution in [1.29, 1.82) is 0 Å². The third-order valence-electron chi connectivity index (χ3n) is 0.741. The van der Waals surface area contributed by atoms with Crippen LogP contribution in [0.15, 0.2) is 10.9 Å². The molecule has 0 amide bonds. The van der Waals surface area contributed by atoms with Gasteiger partial charge in [-0.05, 0) is 5.41 Å². The fraction of sp³-hybridized carbons (Fsp3) is 0.400. The van der Waals surface area contributed by atoms with Crippen LogP contribution < -0.4 is 5.73 Å². The quantitative estimate of drug-likeness (QED) is 0.675. The fourth-order valence-electron chi connectivity index (χ4n) is 0.267. The average molecular weight is 182 g/mol. The Morgan fingerprint density at radius 2 is 2.50 bits per heavy atom. The number of hydrogen-bond acceptors (Lipinski definition) is 3. The monoisotopic (exact) mass is 181 g/mol. The molecule has 0 unspecified atom stereocenters. The highest BCUT2D eigenvalue weighted by Gasteiger charge is 2.09. The molecule has 0 fully saturated rings. The van der Waals surface area contributed by atoms with Gasteiger partial charge >= 0.3 is 5.97 Å². The summed E-state index contributed by atoms with van der Waals surface area (Å²) in [5, 5.41) is 9.87. The highest BCUT2D eigenvalue weighted by molar-refractivity contribution is 8.02. The highest BCUT2D eigenvalue weighted by atomic mass is 35.5. The van der Waals surface area contributed by atoms with Crippen molar-refractivity contribution >= 4 is 29.3 Å². The molecule has 0 rings (SSSR count). The molecule has 0 saturated heterocycles. The molecule has 0 aliphatic rings. The van der Waals surface area contributed by atoms with Gasteiger partial charge in [-0.2, -0.15) is 0 Å². The maximum Gasteiger partial charge on any atom is 0.321 e. The van der Waals surface area contributed by atoms with E-state index in [9.17, 15) is 4.79 Å². The van der Waals surface area contributed by atoms with Gasteiger partial charge in [0.05, 0.1) is 0 Å². The van der Waals surface area contributed by atoms with Crippen LogP contribution in [0.3, 0.4) is 0 Å². The molecule has 0 spiro atoms. The molecule has 1 atom stereocenters. The van der Waals surface area contributed by atoms with Gasteiger partial charge in [0.2, 0.25) is 0 Å². The maximum atomic E-state index is 10.1. The van der Waals surface area contributed by atoms with Crippen LogP contribution in [0.25, 0.3) is 0 Å². The SMILES string of the molecule is N[C@@H](CS/C=C/Cl)C(=O)O. The predicted octanol–water partition coefficient (Wildman–Crippen LogP) is 0.842. The van der Waals surface area contributed by atoms with Crippen molar-refractivity contribution in [2.45, 2.75) is 6.04 Å². The molecular formula is C5H8ClNO2S. The number of aliphatic carboxylic acids is 1. The van der Waals surface area contributed by atoms with E-state index >= 15 is 0 Å². The molecule has 58 valence electrons. The average Bonchev–Trinajstić information content (AvgIpc) is 1.88. The van der Waals surface area contributed by atoms with Crippen molar-refractivity contribution in [3.05, 3.63) is 10.9 Å². The van der Waals surface area contributed by atoms with Crippen LogP contribution in [0.4, 0.5) is 0 Å².